The lowest BCUT2D eigenvalue weighted by atomic mass is 10.1. The lowest BCUT2D eigenvalue weighted by molar-refractivity contribution is -0.120. The summed E-state index contributed by atoms with van der Waals surface area (Å²) in [7, 11) is 0. The average Bonchev–Trinajstić information content (AvgIpc) is 3.26. The van der Waals surface area contributed by atoms with E-state index in [1.165, 1.54) is 4.88 Å². The van der Waals surface area contributed by atoms with Crippen LogP contribution in [0.1, 0.15) is 16.6 Å². The highest BCUT2D eigenvalue weighted by molar-refractivity contribution is 7.10. The second-order valence-electron chi connectivity index (χ2n) is 6.71. The topological polar surface area (TPSA) is 87.3 Å². The van der Waals surface area contributed by atoms with E-state index in [9.17, 15) is 9.59 Å². The Kier molecular flexibility index (Phi) is 5.80. The van der Waals surface area contributed by atoms with E-state index in [2.05, 4.69) is 31.9 Å². The van der Waals surface area contributed by atoms with Crippen LogP contribution in [0.4, 0.5) is 0 Å². The van der Waals surface area contributed by atoms with Gasteiger partial charge in [0.05, 0.1) is 36.8 Å². The summed E-state index contributed by atoms with van der Waals surface area (Å²) in [6.45, 7) is 3.65. The van der Waals surface area contributed by atoms with Crippen molar-refractivity contribution in [3.63, 3.8) is 0 Å². The van der Waals surface area contributed by atoms with Crippen molar-refractivity contribution in [2.24, 2.45) is 0 Å². The minimum absolute atomic E-state index is 0.112. The third-order valence-corrected chi connectivity index (χ3v) is 5.93. The fraction of sp³-hybridized carbons (Fsp3) is 0.350. The van der Waals surface area contributed by atoms with Gasteiger partial charge in [0.1, 0.15) is 0 Å². The molecule has 2 N–H and O–H groups in total. The molecule has 1 saturated heterocycles. The second-order valence-corrected chi connectivity index (χ2v) is 7.68. The zero-order chi connectivity index (χ0) is 19.3. The first kappa shape index (κ1) is 18.8. The van der Waals surface area contributed by atoms with Gasteiger partial charge in [-0.05, 0) is 17.5 Å². The first-order valence-corrected chi connectivity index (χ1v) is 10.2. The lowest BCUT2D eigenvalue weighted by Crippen LogP contribution is -2.43. The fourth-order valence-corrected chi connectivity index (χ4v) is 4.37. The quantitative estimate of drug-likeness (QED) is 0.660. The van der Waals surface area contributed by atoms with Crippen LogP contribution >= 0.6 is 11.3 Å². The van der Waals surface area contributed by atoms with Crippen molar-refractivity contribution < 1.29 is 9.53 Å². The largest absolute Gasteiger partial charge is 0.379 e. The number of rotatable bonds is 6. The summed E-state index contributed by atoms with van der Waals surface area (Å²) in [6, 6.07) is 11.5. The Morgan fingerprint density at radius 3 is 2.75 bits per heavy atom. The molecule has 28 heavy (non-hydrogen) atoms. The van der Waals surface area contributed by atoms with E-state index in [-0.39, 0.29) is 23.9 Å². The highest BCUT2D eigenvalue weighted by Gasteiger charge is 2.24. The maximum atomic E-state index is 12.6. The van der Waals surface area contributed by atoms with Gasteiger partial charge in [0.2, 0.25) is 5.91 Å². The predicted molar refractivity (Wildman–Crippen MR) is 109 cm³/mol. The zero-order valence-corrected chi connectivity index (χ0v) is 16.2. The van der Waals surface area contributed by atoms with Gasteiger partial charge in [-0.2, -0.15) is 5.10 Å². The van der Waals surface area contributed by atoms with Gasteiger partial charge in [0.15, 0.2) is 0 Å². The van der Waals surface area contributed by atoms with E-state index in [0.29, 0.717) is 36.2 Å². The molecule has 2 aromatic heterocycles. The summed E-state index contributed by atoms with van der Waals surface area (Å²) in [5.41, 5.74) is 0.330. The summed E-state index contributed by atoms with van der Waals surface area (Å²) in [6.07, 6.45) is 0.123. The minimum Gasteiger partial charge on any atom is -0.379 e. The van der Waals surface area contributed by atoms with Gasteiger partial charge in [-0.25, -0.2) is 5.10 Å². The number of hydrogen-bond donors (Lipinski definition) is 2. The molecule has 0 radical (unpaired) electrons. The highest BCUT2D eigenvalue weighted by Crippen LogP contribution is 2.25. The maximum absolute atomic E-state index is 12.6. The van der Waals surface area contributed by atoms with E-state index in [1.807, 2.05) is 18.2 Å². The van der Waals surface area contributed by atoms with E-state index in [4.69, 9.17) is 4.74 Å². The molecule has 0 unspecified atom stereocenters. The number of benzene rings is 1. The number of nitrogens with one attached hydrogen (secondary N) is 2. The molecule has 1 fully saturated rings. The van der Waals surface area contributed by atoms with Crippen LogP contribution in [0.3, 0.4) is 0 Å². The van der Waals surface area contributed by atoms with Crippen molar-refractivity contribution in [3.8, 4) is 0 Å². The van der Waals surface area contributed by atoms with Crippen molar-refractivity contribution >= 4 is 28.0 Å². The molecule has 1 aromatic carbocycles. The highest BCUT2D eigenvalue weighted by atomic mass is 32.1. The SMILES string of the molecule is O=C(Cc1n[nH]c(=O)c2ccccc12)NC[C@@H](c1cccs1)N1CCOCC1. The van der Waals surface area contributed by atoms with Gasteiger partial charge >= 0.3 is 0 Å². The molecule has 3 aromatic rings. The zero-order valence-electron chi connectivity index (χ0n) is 15.4. The Labute approximate surface area is 166 Å². The molecule has 146 valence electrons. The number of fused-ring (bicyclic) bond motifs is 1. The average molecular weight is 398 g/mol. The van der Waals surface area contributed by atoms with Crippen LogP contribution < -0.4 is 10.9 Å². The van der Waals surface area contributed by atoms with E-state index in [0.717, 1.165) is 13.1 Å². The molecule has 4 rings (SSSR count). The molecule has 0 bridgehead atoms. The molecule has 7 nitrogen and oxygen atoms in total. The van der Waals surface area contributed by atoms with Crippen LogP contribution in [0.5, 0.6) is 0 Å². The molecule has 8 heteroatoms. The third kappa shape index (κ3) is 4.14. The molecule has 0 aliphatic carbocycles. The van der Waals surface area contributed by atoms with Gasteiger partial charge in [-0.3, -0.25) is 14.5 Å². The number of carbonyl (C=O) groups is 1. The summed E-state index contributed by atoms with van der Waals surface area (Å²) >= 11 is 1.70. The standard InChI is InChI=1S/C20H22N4O3S/c25-19(12-16-14-4-1-2-5-15(14)20(26)23-22-16)21-13-17(18-6-3-11-28-18)24-7-9-27-10-8-24/h1-6,11,17H,7-10,12-13H2,(H,21,25)(H,23,26)/t17-/m0/s1. The Bertz CT molecular complexity index is 996. The molecule has 1 atom stereocenters. The third-order valence-electron chi connectivity index (χ3n) is 4.95. The number of aromatic amines is 1. The van der Waals surface area contributed by atoms with Crippen molar-refractivity contribution in [2.75, 3.05) is 32.8 Å². The summed E-state index contributed by atoms with van der Waals surface area (Å²) in [4.78, 5) is 28.1. The monoisotopic (exact) mass is 398 g/mol. The number of amides is 1. The van der Waals surface area contributed by atoms with Gasteiger partial charge in [-0.15, -0.1) is 11.3 Å². The molecule has 1 aliphatic rings. The van der Waals surface area contributed by atoms with Crippen LogP contribution in [0.15, 0.2) is 46.6 Å². The van der Waals surface area contributed by atoms with Crippen LogP contribution in [0.2, 0.25) is 0 Å². The minimum atomic E-state index is -0.246. The van der Waals surface area contributed by atoms with E-state index in [1.54, 1.807) is 23.5 Å². The van der Waals surface area contributed by atoms with Crippen LogP contribution in [0, 0.1) is 0 Å². The summed E-state index contributed by atoms with van der Waals surface area (Å²) < 4.78 is 5.46. The van der Waals surface area contributed by atoms with Crippen LogP contribution in [-0.2, 0) is 16.0 Å². The number of ether oxygens (including phenoxy) is 1. The van der Waals surface area contributed by atoms with E-state index < -0.39 is 0 Å². The molecule has 1 aliphatic heterocycles. The predicted octanol–water partition coefficient (Wildman–Crippen LogP) is 1.72. The van der Waals surface area contributed by atoms with Crippen molar-refractivity contribution in [3.05, 3.63) is 62.7 Å². The Balaban J connectivity index is 1.46. The van der Waals surface area contributed by atoms with Crippen molar-refractivity contribution in [1.82, 2.24) is 20.4 Å². The first-order valence-electron chi connectivity index (χ1n) is 9.30. The number of H-pyrrole nitrogens is 1. The molecular formula is C20H22N4O3S. The first-order chi connectivity index (χ1) is 13.7. The van der Waals surface area contributed by atoms with Crippen molar-refractivity contribution in [2.45, 2.75) is 12.5 Å². The van der Waals surface area contributed by atoms with Gasteiger partial charge in [0, 0.05) is 29.9 Å². The van der Waals surface area contributed by atoms with Gasteiger partial charge in [-0.1, -0.05) is 24.3 Å². The van der Waals surface area contributed by atoms with Crippen molar-refractivity contribution in [1.29, 1.82) is 0 Å². The number of nitrogens with zero attached hydrogens (tertiary/aromatic N) is 2. The molecular weight excluding hydrogens is 376 g/mol. The Hall–Kier alpha value is -2.55. The summed E-state index contributed by atoms with van der Waals surface area (Å²) in [5.74, 6) is -0.112. The molecule has 0 spiro atoms. The van der Waals surface area contributed by atoms with Gasteiger partial charge < -0.3 is 10.1 Å². The number of thiophene rings is 1. The number of morpholine rings is 1. The molecule has 3 heterocycles. The molecule has 1 amide bonds. The fourth-order valence-electron chi connectivity index (χ4n) is 3.51. The molecule has 0 saturated carbocycles. The summed E-state index contributed by atoms with van der Waals surface area (Å²) in [5, 5.41) is 12.9. The Morgan fingerprint density at radius 1 is 1.21 bits per heavy atom. The Morgan fingerprint density at radius 2 is 2.00 bits per heavy atom. The number of aromatic nitrogens is 2. The smallest absolute Gasteiger partial charge is 0.272 e. The van der Waals surface area contributed by atoms with Crippen LogP contribution in [-0.4, -0.2) is 53.9 Å². The van der Waals surface area contributed by atoms with Gasteiger partial charge in [0.25, 0.3) is 5.56 Å². The second kappa shape index (κ2) is 8.64. The number of carbonyl (C=O) groups excluding carboxylic acids is 1. The maximum Gasteiger partial charge on any atom is 0.272 e. The normalized spacial score (nSPS) is 16.1. The number of hydrogen-bond acceptors (Lipinski definition) is 6. The van der Waals surface area contributed by atoms with Crippen LogP contribution in [0.25, 0.3) is 10.8 Å². The lowest BCUT2D eigenvalue weighted by Gasteiger charge is -2.34. The van der Waals surface area contributed by atoms with E-state index >= 15 is 0 Å².